The molecule has 148 valence electrons. The zero-order valence-electron chi connectivity index (χ0n) is 15.7. The average molecular weight is 394 g/mol. The minimum atomic E-state index is -4.10. The van der Waals surface area contributed by atoms with E-state index in [9.17, 15) is 18.0 Å². The molecule has 1 aromatic rings. The lowest BCUT2D eigenvalue weighted by Crippen LogP contribution is -2.50. The van der Waals surface area contributed by atoms with Gasteiger partial charge < -0.3 is 10.1 Å². The number of carbonyl (C=O) groups excluding carboxylic acids is 2. The van der Waals surface area contributed by atoms with Gasteiger partial charge in [-0.15, -0.1) is 0 Å². The summed E-state index contributed by atoms with van der Waals surface area (Å²) in [5.74, 6) is -0.345. The van der Waals surface area contributed by atoms with Crippen molar-refractivity contribution in [3.63, 3.8) is 0 Å². The van der Waals surface area contributed by atoms with Crippen LogP contribution in [-0.2, 0) is 19.6 Å². The van der Waals surface area contributed by atoms with Crippen LogP contribution in [0.1, 0.15) is 50.5 Å². The van der Waals surface area contributed by atoms with Gasteiger partial charge in [-0.3, -0.25) is 9.59 Å². The van der Waals surface area contributed by atoms with E-state index in [4.69, 9.17) is 4.74 Å². The number of hydrogen-bond donors (Lipinski definition) is 1. The van der Waals surface area contributed by atoms with Gasteiger partial charge in [0.15, 0.2) is 0 Å². The van der Waals surface area contributed by atoms with E-state index >= 15 is 0 Å². The Labute approximate surface area is 160 Å². The zero-order chi connectivity index (χ0) is 19.6. The van der Waals surface area contributed by atoms with E-state index in [1.807, 2.05) is 0 Å². The molecule has 1 N–H and O–H groups in total. The highest BCUT2D eigenvalue weighted by Gasteiger charge is 2.44. The van der Waals surface area contributed by atoms with E-state index in [2.05, 4.69) is 5.32 Å². The predicted octanol–water partition coefficient (Wildman–Crippen LogP) is 2.13. The van der Waals surface area contributed by atoms with Crippen LogP contribution in [0.15, 0.2) is 23.1 Å². The second-order valence-corrected chi connectivity index (χ2v) is 9.04. The number of methoxy groups -OCH3 is 1. The Morgan fingerprint density at radius 1 is 1.19 bits per heavy atom. The van der Waals surface area contributed by atoms with Crippen LogP contribution in [0.3, 0.4) is 0 Å². The van der Waals surface area contributed by atoms with E-state index in [0.29, 0.717) is 11.3 Å². The molecular formula is C19H26N2O5S. The van der Waals surface area contributed by atoms with E-state index in [0.717, 1.165) is 36.4 Å². The monoisotopic (exact) mass is 394 g/mol. The fraction of sp³-hybridized carbons (Fsp3) is 0.579. The Kier molecular flexibility index (Phi) is 5.74. The lowest BCUT2D eigenvalue weighted by atomic mass is 9.95. The summed E-state index contributed by atoms with van der Waals surface area (Å²) >= 11 is 0. The molecule has 2 amide bonds. The lowest BCUT2D eigenvalue weighted by molar-refractivity contribution is -0.131. The first-order chi connectivity index (χ1) is 12.8. The van der Waals surface area contributed by atoms with Crippen molar-refractivity contribution in [1.82, 2.24) is 9.62 Å². The van der Waals surface area contributed by atoms with Gasteiger partial charge in [0.1, 0.15) is 11.8 Å². The highest BCUT2D eigenvalue weighted by molar-refractivity contribution is 7.89. The summed E-state index contributed by atoms with van der Waals surface area (Å²) in [7, 11) is -2.60. The smallest absolute Gasteiger partial charge is 0.267 e. The minimum Gasteiger partial charge on any atom is -0.496 e. The van der Waals surface area contributed by atoms with Crippen molar-refractivity contribution in [3.05, 3.63) is 23.8 Å². The van der Waals surface area contributed by atoms with Crippen molar-refractivity contribution < 1.29 is 22.7 Å². The third-order valence-corrected chi connectivity index (χ3v) is 7.16. The van der Waals surface area contributed by atoms with Crippen molar-refractivity contribution in [2.24, 2.45) is 0 Å². The fourth-order valence-electron chi connectivity index (χ4n) is 3.87. The molecule has 2 fully saturated rings. The molecule has 0 spiro atoms. The van der Waals surface area contributed by atoms with Crippen LogP contribution in [0.25, 0.3) is 0 Å². The normalized spacial score (nSPS) is 21.3. The summed E-state index contributed by atoms with van der Waals surface area (Å²) < 4.78 is 32.1. The van der Waals surface area contributed by atoms with Crippen LogP contribution in [0.4, 0.5) is 0 Å². The fourth-order valence-corrected chi connectivity index (χ4v) is 5.56. The number of ether oxygens (including phenoxy) is 1. The molecule has 27 heavy (non-hydrogen) atoms. The first-order valence-corrected chi connectivity index (χ1v) is 10.8. The van der Waals surface area contributed by atoms with Gasteiger partial charge in [-0.2, -0.15) is 0 Å². The maximum atomic E-state index is 13.1. The molecule has 1 atom stereocenters. The number of carbonyl (C=O) groups is 2. The van der Waals surface area contributed by atoms with Gasteiger partial charge in [-0.1, -0.05) is 19.3 Å². The molecule has 7 nitrogen and oxygen atoms in total. The zero-order valence-corrected chi connectivity index (χ0v) is 16.5. The molecule has 0 unspecified atom stereocenters. The van der Waals surface area contributed by atoms with Crippen LogP contribution in [0, 0.1) is 6.92 Å². The minimum absolute atomic E-state index is 0.00786. The van der Waals surface area contributed by atoms with Crippen molar-refractivity contribution in [1.29, 1.82) is 0 Å². The number of amides is 2. The van der Waals surface area contributed by atoms with Crippen molar-refractivity contribution in [2.75, 3.05) is 7.11 Å². The molecule has 2 aliphatic rings. The van der Waals surface area contributed by atoms with Gasteiger partial charge in [0.25, 0.3) is 10.0 Å². The molecule has 1 aliphatic carbocycles. The molecule has 3 rings (SSSR count). The third-order valence-electron chi connectivity index (χ3n) is 5.34. The summed E-state index contributed by atoms with van der Waals surface area (Å²) in [6, 6.07) is 3.51. The number of nitrogens with zero attached hydrogens (tertiary/aromatic N) is 1. The van der Waals surface area contributed by atoms with E-state index in [1.165, 1.54) is 19.2 Å². The van der Waals surface area contributed by atoms with Gasteiger partial charge in [0.2, 0.25) is 11.8 Å². The molecule has 1 saturated heterocycles. The van der Waals surface area contributed by atoms with Crippen LogP contribution in [0.2, 0.25) is 0 Å². The maximum Gasteiger partial charge on any atom is 0.267 e. The van der Waals surface area contributed by atoms with Crippen LogP contribution in [0.5, 0.6) is 5.75 Å². The van der Waals surface area contributed by atoms with Gasteiger partial charge in [0.05, 0.1) is 12.0 Å². The summed E-state index contributed by atoms with van der Waals surface area (Å²) in [6.07, 6.45) is 5.34. The number of nitrogens with one attached hydrogen (secondary N) is 1. The summed E-state index contributed by atoms with van der Waals surface area (Å²) in [5, 5.41) is 2.95. The van der Waals surface area contributed by atoms with Crippen molar-refractivity contribution >= 4 is 21.8 Å². The molecule has 1 aromatic carbocycles. The number of aryl methyl sites for hydroxylation is 1. The largest absolute Gasteiger partial charge is 0.496 e. The molecule has 1 saturated carbocycles. The number of rotatable bonds is 5. The quantitative estimate of drug-likeness (QED) is 0.826. The Balaban J connectivity index is 1.84. The SMILES string of the molecule is COc1ccc(S(=O)(=O)N2C(=O)CC[C@H]2C(=O)NC2CCCCC2)cc1C. The van der Waals surface area contributed by atoms with E-state index < -0.39 is 22.0 Å². The van der Waals surface area contributed by atoms with Gasteiger partial charge >= 0.3 is 0 Å². The predicted molar refractivity (Wildman–Crippen MR) is 99.8 cm³/mol. The first-order valence-electron chi connectivity index (χ1n) is 9.37. The molecule has 1 aliphatic heterocycles. The topological polar surface area (TPSA) is 92.8 Å². The number of benzene rings is 1. The van der Waals surface area contributed by atoms with Crippen molar-refractivity contribution in [3.8, 4) is 5.75 Å². The number of hydrogen-bond acceptors (Lipinski definition) is 5. The Hall–Kier alpha value is -2.09. The highest BCUT2D eigenvalue weighted by atomic mass is 32.2. The summed E-state index contributed by atoms with van der Waals surface area (Å²) in [4.78, 5) is 25.1. The highest BCUT2D eigenvalue weighted by Crippen LogP contribution is 2.30. The number of sulfonamides is 1. The molecule has 0 radical (unpaired) electrons. The molecule has 1 heterocycles. The molecule has 0 bridgehead atoms. The van der Waals surface area contributed by atoms with Crippen molar-refractivity contribution in [2.45, 2.75) is 68.8 Å². The van der Waals surface area contributed by atoms with Crippen LogP contribution in [-0.4, -0.2) is 43.7 Å². The first kappa shape index (κ1) is 19.7. The molecule has 0 aromatic heterocycles. The summed E-state index contributed by atoms with van der Waals surface area (Å²) in [5.41, 5.74) is 0.647. The Morgan fingerprint density at radius 2 is 1.89 bits per heavy atom. The van der Waals surface area contributed by atoms with Gasteiger partial charge in [0, 0.05) is 12.5 Å². The average Bonchev–Trinajstić information content (AvgIpc) is 3.05. The van der Waals surface area contributed by atoms with Crippen LogP contribution < -0.4 is 10.1 Å². The van der Waals surface area contributed by atoms with Gasteiger partial charge in [-0.05, 0) is 49.9 Å². The maximum absolute atomic E-state index is 13.1. The Bertz CT molecular complexity index is 831. The second kappa shape index (κ2) is 7.88. The Morgan fingerprint density at radius 3 is 2.52 bits per heavy atom. The van der Waals surface area contributed by atoms with E-state index in [-0.39, 0.29) is 29.7 Å². The second-order valence-electron chi connectivity index (χ2n) is 7.22. The van der Waals surface area contributed by atoms with E-state index in [1.54, 1.807) is 13.0 Å². The van der Waals surface area contributed by atoms with Crippen LogP contribution >= 0.6 is 0 Å². The standard InChI is InChI=1S/C19H26N2O5S/c1-13-12-15(8-10-17(13)26-2)27(24,25)21-16(9-11-18(21)22)19(23)20-14-6-4-3-5-7-14/h8,10,12,14,16H,3-7,9,11H2,1-2H3,(H,20,23)/t16-/m0/s1. The molecule has 8 heteroatoms. The molecular weight excluding hydrogens is 368 g/mol. The third kappa shape index (κ3) is 3.95. The lowest BCUT2D eigenvalue weighted by Gasteiger charge is -2.28. The summed E-state index contributed by atoms with van der Waals surface area (Å²) in [6.45, 7) is 1.73. The van der Waals surface area contributed by atoms with Gasteiger partial charge in [-0.25, -0.2) is 12.7 Å².